The van der Waals surface area contributed by atoms with Gasteiger partial charge in [-0.25, -0.2) is 13.4 Å². The van der Waals surface area contributed by atoms with Gasteiger partial charge in [-0.2, -0.15) is 0 Å². The van der Waals surface area contributed by atoms with E-state index in [4.69, 9.17) is 12.2 Å². The molecule has 0 radical (unpaired) electrons. The molecule has 152 valence electrons. The molecule has 1 aromatic heterocycles. The largest absolute Gasteiger partial charge is 1.00 e. The molecule has 1 N–H and O–H groups in total. The normalized spacial score (nSPS) is 13.2. The van der Waals surface area contributed by atoms with Crippen molar-refractivity contribution in [2.45, 2.75) is 29.9 Å². The van der Waals surface area contributed by atoms with Crippen molar-refractivity contribution in [2.75, 3.05) is 18.1 Å². The van der Waals surface area contributed by atoms with Gasteiger partial charge in [0, 0.05) is 24.4 Å². The number of hydrogen-bond acceptors (Lipinski definition) is 10. The standard InChI is InChI=1S/C15H22N2O4S6.Na/c1-3-23-15(22)25-13(27(19,20)21)10-11(2)14(18)17-8-9-24-26-12-6-4-5-7-16-12;/h4-7,11,13H,3,8-10H2,1-2H3,(H,17,18)(H,19,20,21);/q;+1/p-1. The van der Waals surface area contributed by atoms with E-state index in [1.807, 2.05) is 25.1 Å². The van der Waals surface area contributed by atoms with Crippen LogP contribution in [-0.4, -0.2) is 50.0 Å². The van der Waals surface area contributed by atoms with Gasteiger partial charge in [-0.05, 0) is 35.1 Å². The molecule has 28 heavy (non-hydrogen) atoms. The Morgan fingerprint density at radius 3 is 2.68 bits per heavy atom. The van der Waals surface area contributed by atoms with E-state index >= 15 is 0 Å². The topological polar surface area (TPSA) is 99.2 Å². The number of hydrogen-bond donors (Lipinski definition) is 1. The van der Waals surface area contributed by atoms with Crippen molar-refractivity contribution in [3.05, 3.63) is 24.4 Å². The van der Waals surface area contributed by atoms with Crippen molar-refractivity contribution in [1.29, 1.82) is 0 Å². The van der Waals surface area contributed by atoms with Crippen molar-refractivity contribution in [3.8, 4) is 0 Å². The van der Waals surface area contributed by atoms with E-state index in [-0.39, 0.29) is 41.9 Å². The Hall–Kier alpha value is 1.02. The molecule has 0 aliphatic rings. The summed E-state index contributed by atoms with van der Waals surface area (Å²) in [5.74, 6) is 0.493. The molecule has 1 amide bonds. The van der Waals surface area contributed by atoms with Crippen molar-refractivity contribution in [3.63, 3.8) is 0 Å². The molecule has 1 rings (SSSR count). The van der Waals surface area contributed by atoms with Crippen LogP contribution >= 0.6 is 57.3 Å². The minimum Gasteiger partial charge on any atom is -0.747 e. The van der Waals surface area contributed by atoms with E-state index in [0.717, 1.165) is 16.8 Å². The van der Waals surface area contributed by atoms with Gasteiger partial charge in [0.15, 0.2) is 0 Å². The number of carbonyl (C=O) groups is 1. The van der Waals surface area contributed by atoms with E-state index in [1.165, 1.54) is 22.6 Å². The van der Waals surface area contributed by atoms with Crippen LogP contribution in [-0.2, 0) is 14.9 Å². The zero-order chi connectivity index (χ0) is 20.3. The summed E-state index contributed by atoms with van der Waals surface area (Å²) in [7, 11) is -1.47. The summed E-state index contributed by atoms with van der Waals surface area (Å²) in [5.41, 5.74) is 0. The second-order valence-corrected chi connectivity index (χ2v) is 13.2. The molecule has 1 aromatic rings. The number of thiocarbonyl (C=S) groups is 1. The maximum Gasteiger partial charge on any atom is 1.00 e. The quantitative estimate of drug-likeness (QED) is 0.150. The summed E-state index contributed by atoms with van der Waals surface area (Å²) in [6.07, 6.45) is 1.65. The van der Waals surface area contributed by atoms with Crippen LogP contribution < -0.4 is 34.9 Å². The molecule has 0 bridgehead atoms. The number of thioether (sulfide) groups is 2. The third kappa shape index (κ3) is 12.7. The zero-order valence-electron chi connectivity index (χ0n) is 15.8. The number of nitrogens with one attached hydrogen (secondary N) is 1. The Bertz CT molecular complexity index is 708. The fourth-order valence-corrected chi connectivity index (χ4v) is 7.72. The summed E-state index contributed by atoms with van der Waals surface area (Å²) in [5, 5.41) is 3.66. The minimum absolute atomic E-state index is 0. The summed E-state index contributed by atoms with van der Waals surface area (Å²) in [6, 6.07) is 5.65. The van der Waals surface area contributed by atoms with Crippen LogP contribution in [0.2, 0.25) is 0 Å². The second-order valence-electron chi connectivity index (χ2n) is 5.22. The molecule has 0 aliphatic heterocycles. The average Bonchev–Trinajstić information content (AvgIpc) is 2.61. The van der Waals surface area contributed by atoms with Gasteiger partial charge in [-0.1, -0.05) is 54.7 Å². The minimum atomic E-state index is -4.55. The first-order valence-electron chi connectivity index (χ1n) is 8.00. The summed E-state index contributed by atoms with van der Waals surface area (Å²) < 4.78 is 33.6. The Morgan fingerprint density at radius 2 is 2.11 bits per heavy atom. The summed E-state index contributed by atoms with van der Waals surface area (Å²) >= 11 is 7.23. The summed E-state index contributed by atoms with van der Waals surface area (Å²) in [4.78, 5) is 16.4. The second kappa shape index (κ2) is 15.8. The molecule has 0 saturated heterocycles. The van der Waals surface area contributed by atoms with Crippen LogP contribution in [0.5, 0.6) is 0 Å². The van der Waals surface area contributed by atoms with Gasteiger partial charge < -0.3 is 9.87 Å². The first-order valence-corrected chi connectivity index (χ1v) is 14.1. The first kappa shape index (κ1) is 29.0. The number of pyridine rings is 1. The number of amides is 1. The molecule has 0 fully saturated rings. The fraction of sp³-hybridized carbons (Fsp3) is 0.533. The smallest absolute Gasteiger partial charge is 0.747 e. The van der Waals surface area contributed by atoms with Gasteiger partial charge in [0.25, 0.3) is 0 Å². The number of aromatic nitrogens is 1. The Kier molecular flexibility index (Phi) is 16.3. The van der Waals surface area contributed by atoms with E-state index in [9.17, 15) is 17.8 Å². The monoisotopic (exact) mass is 508 g/mol. The van der Waals surface area contributed by atoms with Crippen molar-refractivity contribution in [1.82, 2.24) is 10.3 Å². The van der Waals surface area contributed by atoms with Gasteiger partial charge >= 0.3 is 29.6 Å². The van der Waals surface area contributed by atoms with E-state index in [2.05, 4.69) is 10.3 Å². The average molecular weight is 509 g/mol. The molecular weight excluding hydrogens is 488 g/mol. The van der Waals surface area contributed by atoms with E-state index < -0.39 is 20.6 Å². The van der Waals surface area contributed by atoms with Gasteiger partial charge in [-0.15, -0.1) is 11.8 Å². The number of nitrogens with zero attached hydrogens (tertiary/aromatic N) is 1. The molecule has 6 nitrogen and oxygen atoms in total. The zero-order valence-corrected chi connectivity index (χ0v) is 22.7. The molecule has 2 atom stereocenters. The van der Waals surface area contributed by atoms with E-state index in [1.54, 1.807) is 23.9 Å². The molecule has 0 spiro atoms. The third-order valence-electron chi connectivity index (χ3n) is 3.07. The van der Waals surface area contributed by atoms with Gasteiger partial charge in [0.1, 0.15) is 23.3 Å². The molecule has 2 unspecified atom stereocenters. The van der Waals surface area contributed by atoms with Crippen LogP contribution in [0.15, 0.2) is 29.4 Å². The maximum atomic E-state index is 12.2. The molecular formula is C15H21N2NaO4S6. The Labute approximate surface area is 210 Å². The van der Waals surface area contributed by atoms with Crippen LogP contribution in [0.3, 0.4) is 0 Å². The predicted molar refractivity (Wildman–Crippen MR) is 121 cm³/mol. The first-order chi connectivity index (χ1) is 12.7. The third-order valence-corrected chi connectivity index (χ3v) is 9.63. The predicted octanol–water partition coefficient (Wildman–Crippen LogP) is 0.611. The van der Waals surface area contributed by atoms with Crippen LogP contribution in [0.1, 0.15) is 20.3 Å². The SMILES string of the molecule is CCSC(=S)SC(CC(C)C(=O)NCCSSc1ccccn1)S(=O)(=O)[O-].[Na+]. The van der Waals surface area contributed by atoms with Crippen molar-refractivity contribution >= 4 is 76.9 Å². The molecule has 1 heterocycles. The van der Waals surface area contributed by atoms with Crippen LogP contribution in [0.25, 0.3) is 0 Å². The van der Waals surface area contributed by atoms with Crippen LogP contribution in [0, 0.1) is 5.92 Å². The number of rotatable bonds is 11. The van der Waals surface area contributed by atoms with E-state index in [0.29, 0.717) is 21.6 Å². The number of carbonyl (C=O) groups excluding carboxylic acids is 1. The Balaban J connectivity index is 0.00000729. The maximum absolute atomic E-state index is 12.2. The molecule has 0 aliphatic carbocycles. The molecule has 0 aromatic carbocycles. The molecule has 13 heteroatoms. The van der Waals surface area contributed by atoms with Crippen LogP contribution in [0.4, 0.5) is 0 Å². The summed E-state index contributed by atoms with van der Waals surface area (Å²) in [6.45, 7) is 3.94. The fourth-order valence-electron chi connectivity index (χ4n) is 1.77. The van der Waals surface area contributed by atoms with Crippen molar-refractivity contribution in [2.24, 2.45) is 5.92 Å². The van der Waals surface area contributed by atoms with Crippen molar-refractivity contribution < 1.29 is 47.3 Å². The van der Waals surface area contributed by atoms with Gasteiger partial charge in [-0.3, -0.25) is 4.79 Å². The molecule has 0 saturated carbocycles. The van der Waals surface area contributed by atoms with Gasteiger partial charge in [0.2, 0.25) is 5.91 Å². The Morgan fingerprint density at radius 1 is 1.39 bits per heavy atom. The van der Waals surface area contributed by atoms with Gasteiger partial charge in [0.05, 0.1) is 0 Å².